The Kier molecular flexibility index (Phi) is 13.0. The third kappa shape index (κ3) is 11.3. The summed E-state index contributed by atoms with van der Waals surface area (Å²) >= 11 is 0. The van der Waals surface area contributed by atoms with E-state index in [0.29, 0.717) is 24.3 Å². The van der Waals surface area contributed by atoms with Gasteiger partial charge in [0.15, 0.2) is 0 Å². The normalized spacial score (nSPS) is 14.6. The number of nitrogens with one attached hydrogen (secondary N) is 1. The molecule has 1 aromatic heterocycles. The Morgan fingerprint density at radius 2 is 1.75 bits per heavy atom. The van der Waals surface area contributed by atoms with E-state index < -0.39 is 33.7 Å². The summed E-state index contributed by atoms with van der Waals surface area (Å²) in [6.07, 6.45) is 7.17. The van der Waals surface area contributed by atoms with Crippen LogP contribution in [0, 0.1) is 0 Å². The van der Waals surface area contributed by atoms with Crippen LogP contribution in [0.15, 0.2) is 67.0 Å². The zero-order valence-corrected chi connectivity index (χ0v) is 29.0. The summed E-state index contributed by atoms with van der Waals surface area (Å²) in [4.78, 5) is 31.7. The molecule has 0 aliphatic heterocycles. The lowest BCUT2D eigenvalue weighted by Gasteiger charge is -2.29. The molecule has 4 rings (SSSR count). The van der Waals surface area contributed by atoms with E-state index in [1.165, 1.54) is 12.0 Å². The van der Waals surface area contributed by atoms with E-state index in [1.807, 2.05) is 24.3 Å². The fourth-order valence-electron chi connectivity index (χ4n) is 5.39. The van der Waals surface area contributed by atoms with E-state index in [-0.39, 0.29) is 30.6 Å². The third-order valence-electron chi connectivity index (χ3n) is 7.95. The predicted molar refractivity (Wildman–Crippen MR) is 183 cm³/mol. The summed E-state index contributed by atoms with van der Waals surface area (Å²) in [5, 5.41) is 10.8. The minimum absolute atomic E-state index is 0.0324. The van der Waals surface area contributed by atoms with Gasteiger partial charge in [-0.25, -0.2) is 17.9 Å². The molecule has 0 radical (unpaired) electrons. The molecule has 0 spiro atoms. The van der Waals surface area contributed by atoms with Crippen LogP contribution in [-0.2, 0) is 25.9 Å². The van der Waals surface area contributed by atoms with Gasteiger partial charge in [-0.3, -0.25) is 9.78 Å². The highest BCUT2D eigenvalue weighted by molar-refractivity contribution is 7.90. The molecular weight excluding hydrogens is 634 g/mol. The number of aromatic nitrogens is 1. The van der Waals surface area contributed by atoms with Crippen molar-refractivity contribution in [3.8, 4) is 16.9 Å². The largest absolute Gasteiger partial charge is 0.490 e. The smallest absolute Gasteiger partial charge is 0.410 e. The molecule has 1 fully saturated rings. The summed E-state index contributed by atoms with van der Waals surface area (Å²) in [6.45, 7) is 5.74. The number of hydrogen-bond acceptors (Lipinski definition) is 9. The number of benzene rings is 2. The molecule has 2 amide bonds. The number of aliphatic hydroxyl groups excluding tert-OH is 1. The van der Waals surface area contributed by atoms with E-state index >= 15 is 0 Å². The van der Waals surface area contributed by atoms with Crippen LogP contribution >= 0.6 is 0 Å². The monoisotopic (exact) mass is 681 g/mol. The Morgan fingerprint density at radius 1 is 1.04 bits per heavy atom. The number of carbonyl (C=O) groups is 2. The number of amides is 2. The van der Waals surface area contributed by atoms with Crippen LogP contribution in [0.5, 0.6) is 5.75 Å². The summed E-state index contributed by atoms with van der Waals surface area (Å²) in [5.41, 5.74) is 2.73. The number of rotatable bonds is 14. The van der Waals surface area contributed by atoms with E-state index in [4.69, 9.17) is 14.2 Å². The van der Waals surface area contributed by atoms with Crippen LogP contribution in [0.4, 0.5) is 4.79 Å². The fraction of sp³-hybridized carbons (Fsp3) is 0.472. The molecule has 2 N–H and O–H groups in total. The van der Waals surface area contributed by atoms with Gasteiger partial charge in [0.05, 0.1) is 36.7 Å². The summed E-state index contributed by atoms with van der Waals surface area (Å²) in [7, 11) is -2.49. The average molecular weight is 682 g/mol. The van der Waals surface area contributed by atoms with Gasteiger partial charge in [0.25, 0.3) is 5.91 Å². The molecule has 1 heterocycles. The first-order chi connectivity index (χ1) is 22.8. The predicted octanol–water partition coefficient (Wildman–Crippen LogP) is 5.68. The van der Waals surface area contributed by atoms with Gasteiger partial charge in [0.1, 0.15) is 11.4 Å². The Morgan fingerprint density at radius 3 is 2.40 bits per heavy atom. The lowest BCUT2D eigenvalue weighted by atomic mass is 9.97. The molecule has 11 nitrogen and oxygen atoms in total. The van der Waals surface area contributed by atoms with Crippen molar-refractivity contribution < 1.29 is 37.3 Å². The Labute approximate surface area is 283 Å². The van der Waals surface area contributed by atoms with Crippen molar-refractivity contribution in [1.29, 1.82) is 0 Å². The van der Waals surface area contributed by atoms with Gasteiger partial charge in [-0.15, -0.1) is 0 Å². The molecule has 0 saturated heterocycles. The second kappa shape index (κ2) is 16.9. The zero-order valence-electron chi connectivity index (χ0n) is 28.2. The number of sulfonamides is 1. The van der Waals surface area contributed by atoms with Gasteiger partial charge in [0, 0.05) is 31.6 Å². The van der Waals surface area contributed by atoms with Gasteiger partial charge < -0.3 is 24.2 Å². The number of aliphatic hydroxyl groups is 1. The van der Waals surface area contributed by atoms with Gasteiger partial charge in [-0.1, -0.05) is 42.8 Å². The highest BCUT2D eigenvalue weighted by Gasteiger charge is 2.26. The minimum Gasteiger partial charge on any atom is -0.490 e. The molecule has 0 bridgehead atoms. The molecule has 48 heavy (non-hydrogen) atoms. The van der Waals surface area contributed by atoms with Crippen molar-refractivity contribution in [2.24, 2.45) is 0 Å². The second-order valence-electron chi connectivity index (χ2n) is 13.0. The second-order valence-corrected chi connectivity index (χ2v) is 14.8. The third-order valence-corrected chi connectivity index (χ3v) is 9.15. The highest BCUT2D eigenvalue weighted by atomic mass is 32.2. The van der Waals surface area contributed by atoms with E-state index in [1.54, 1.807) is 63.5 Å². The molecule has 2 aromatic carbocycles. The van der Waals surface area contributed by atoms with Gasteiger partial charge >= 0.3 is 6.09 Å². The topological polar surface area (TPSA) is 144 Å². The molecule has 3 aromatic rings. The van der Waals surface area contributed by atoms with Crippen LogP contribution in [0.3, 0.4) is 0 Å². The molecule has 1 atom stereocenters. The maximum absolute atomic E-state index is 13.1. The van der Waals surface area contributed by atoms with Gasteiger partial charge in [-0.2, -0.15) is 0 Å². The molecule has 0 unspecified atom stereocenters. The number of hydrogen-bond donors (Lipinski definition) is 2. The van der Waals surface area contributed by atoms with Crippen molar-refractivity contribution in [3.05, 3.63) is 83.7 Å². The van der Waals surface area contributed by atoms with Crippen molar-refractivity contribution in [1.82, 2.24) is 14.6 Å². The van der Waals surface area contributed by atoms with Crippen LogP contribution in [0.2, 0.25) is 0 Å². The number of pyridine rings is 1. The highest BCUT2D eigenvalue weighted by Crippen LogP contribution is 2.31. The summed E-state index contributed by atoms with van der Waals surface area (Å²) in [5.74, 6) is -0.746. The zero-order chi connectivity index (χ0) is 34.7. The first kappa shape index (κ1) is 36.8. The van der Waals surface area contributed by atoms with E-state index in [0.717, 1.165) is 48.8 Å². The number of methoxy groups -OCH3 is 1. The molecule has 260 valence electrons. The standard InChI is InChI=1S/C36H47N3O8S/c1-36(2,3)47-35(42)39(25-32(40)29-9-8-19-37-24-29)20-18-26-12-14-27(15-13-26)28-16-17-31(34(41)38-48(43,44)22-21-45-4)33(23-28)46-30-10-6-5-7-11-30/h8-9,12-17,19,23-24,30,32,40H,5-7,10-11,18,20-22,25H2,1-4H3,(H,38,41)/t32-/m0/s1. The van der Waals surface area contributed by atoms with Crippen molar-refractivity contribution >= 4 is 22.0 Å². The average Bonchev–Trinajstić information content (AvgIpc) is 3.05. The molecular formula is C36H47N3O8S. The summed E-state index contributed by atoms with van der Waals surface area (Å²) in [6, 6.07) is 16.5. The van der Waals surface area contributed by atoms with Crippen LogP contribution < -0.4 is 9.46 Å². The van der Waals surface area contributed by atoms with Gasteiger partial charge in [-0.05, 0) is 87.8 Å². The summed E-state index contributed by atoms with van der Waals surface area (Å²) < 4.78 is 43.8. The van der Waals surface area contributed by atoms with Gasteiger partial charge in [0.2, 0.25) is 10.0 Å². The SMILES string of the molecule is COCCS(=O)(=O)NC(=O)c1ccc(-c2ccc(CCN(C[C@H](O)c3cccnc3)C(=O)OC(C)(C)C)cc2)cc1OC1CCCCC1. The van der Waals surface area contributed by atoms with E-state index in [9.17, 15) is 23.1 Å². The van der Waals surface area contributed by atoms with Crippen molar-refractivity contribution in [2.75, 3.05) is 32.6 Å². The fourth-order valence-corrected chi connectivity index (χ4v) is 6.27. The molecule has 1 aliphatic rings. The first-order valence-corrected chi connectivity index (χ1v) is 18.0. The molecule has 1 aliphatic carbocycles. The Hall–Kier alpha value is -4.00. The minimum atomic E-state index is -3.88. The number of ether oxygens (including phenoxy) is 3. The Bertz CT molecular complexity index is 1600. The number of carbonyl (C=O) groups excluding carboxylic acids is 2. The lowest BCUT2D eigenvalue weighted by molar-refractivity contribution is 0.0146. The molecule has 12 heteroatoms. The Balaban J connectivity index is 1.50. The van der Waals surface area contributed by atoms with Crippen LogP contribution in [0.1, 0.15) is 80.5 Å². The maximum Gasteiger partial charge on any atom is 0.410 e. The molecule has 1 saturated carbocycles. The number of nitrogens with zero attached hydrogens (tertiary/aromatic N) is 2. The maximum atomic E-state index is 13.1. The lowest BCUT2D eigenvalue weighted by Crippen LogP contribution is -2.40. The first-order valence-electron chi connectivity index (χ1n) is 16.3. The van der Waals surface area contributed by atoms with Crippen LogP contribution in [-0.4, -0.2) is 79.7 Å². The quantitative estimate of drug-likeness (QED) is 0.220. The van der Waals surface area contributed by atoms with Crippen molar-refractivity contribution in [2.45, 2.75) is 77.1 Å². The van der Waals surface area contributed by atoms with Crippen LogP contribution in [0.25, 0.3) is 11.1 Å². The van der Waals surface area contributed by atoms with E-state index in [2.05, 4.69) is 9.71 Å². The van der Waals surface area contributed by atoms with Crippen molar-refractivity contribution in [3.63, 3.8) is 0 Å².